The Morgan fingerprint density at radius 3 is 2.06 bits per heavy atom. The second kappa shape index (κ2) is 8.49. The largest absolute Gasteiger partial charge is 0.507 e. The number of rotatable bonds is 4. The molecule has 184 valence electrons. The molecule has 1 N–H and O–H groups in total. The maximum atomic E-state index is 11.8. The SMILES string of the molecule is CC12CC3CC(C)(C1)CC(c1cc(C(C)(C)C)cc(CSC4CCCCCCC4)c1O)(C3)C2. The summed E-state index contributed by atoms with van der Waals surface area (Å²) in [5.41, 5.74) is 5.19. The third-order valence-electron chi connectivity index (χ3n) is 9.78. The molecule has 5 saturated carbocycles. The Balaban J connectivity index is 1.49. The Kier molecular flexibility index (Phi) is 6.20. The fraction of sp³-hybridized carbons (Fsp3) is 0.806. The summed E-state index contributed by atoms with van der Waals surface area (Å²) in [4.78, 5) is 0. The summed E-state index contributed by atoms with van der Waals surface area (Å²) in [6.45, 7) is 12.1. The first kappa shape index (κ1) is 24.1. The summed E-state index contributed by atoms with van der Waals surface area (Å²) in [5.74, 6) is 2.48. The van der Waals surface area contributed by atoms with Crippen molar-refractivity contribution in [3.8, 4) is 5.75 Å². The van der Waals surface area contributed by atoms with Crippen LogP contribution >= 0.6 is 11.8 Å². The van der Waals surface area contributed by atoms with E-state index >= 15 is 0 Å². The molecule has 1 aromatic carbocycles. The van der Waals surface area contributed by atoms with E-state index in [9.17, 15) is 5.11 Å². The van der Waals surface area contributed by atoms with Gasteiger partial charge in [-0.2, -0.15) is 11.8 Å². The van der Waals surface area contributed by atoms with Gasteiger partial charge in [0.05, 0.1) is 0 Å². The first-order valence-electron chi connectivity index (χ1n) is 14.0. The van der Waals surface area contributed by atoms with Gasteiger partial charge in [-0.15, -0.1) is 0 Å². The third kappa shape index (κ3) is 4.76. The molecule has 2 heteroatoms. The fourth-order valence-corrected chi connectivity index (χ4v) is 10.5. The van der Waals surface area contributed by atoms with Gasteiger partial charge in [-0.25, -0.2) is 0 Å². The molecule has 0 aliphatic heterocycles. The molecule has 0 saturated heterocycles. The van der Waals surface area contributed by atoms with Gasteiger partial charge in [-0.1, -0.05) is 78.9 Å². The summed E-state index contributed by atoms with van der Waals surface area (Å²) in [6, 6.07) is 4.80. The van der Waals surface area contributed by atoms with Crippen molar-refractivity contribution in [3.05, 3.63) is 28.8 Å². The van der Waals surface area contributed by atoms with Crippen molar-refractivity contribution < 1.29 is 5.11 Å². The zero-order valence-electron chi connectivity index (χ0n) is 22.1. The molecule has 2 unspecified atom stereocenters. The quantitative estimate of drug-likeness (QED) is 0.475. The number of hydrogen-bond donors (Lipinski definition) is 1. The van der Waals surface area contributed by atoms with E-state index in [4.69, 9.17) is 0 Å². The molecule has 4 bridgehead atoms. The molecular weight excluding hydrogens is 420 g/mol. The van der Waals surface area contributed by atoms with Crippen LogP contribution in [-0.2, 0) is 16.6 Å². The molecule has 2 atom stereocenters. The molecule has 1 aromatic rings. The standard InChI is InChI=1S/C31H48OS/c1-28(2,3)24-13-23(18-33-25-11-9-7-6-8-10-12-25)27(32)26(14-24)31-17-22-15-29(4,20-31)19-30(5,16-22)21-31/h13-14,22,25,32H,6-12,15-21H2,1-5H3. The van der Waals surface area contributed by atoms with Gasteiger partial charge in [0.25, 0.3) is 0 Å². The van der Waals surface area contributed by atoms with Crippen LogP contribution < -0.4 is 0 Å². The highest BCUT2D eigenvalue weighted by molar-refractivity contribution is 7.99. The summed E-state index contributed by atoms with van der Waals surface area (Å²) in [5, 5.41) is 12.6. The van der Waals surface area contributed by atoms with Crippen LogP contribution in [0.25, 0.3) is 0 Å². The molecule has 0 amide bonds. The van der Waals surface area contributed by atoms with Crippen molar-refractivity contribution in [3.63, 3.8) is 0 Å². The van der Waals surface area contributed by atoms with E-state index in [1.807, 2.05) is 0 Å². The summed E-state index contributed by atoms with van der Waals surface area (Å²) >= 11 is 2.13. The van der Waals surface area contributed by atoms with Gasteiger partial charge in [0.1, 0.15) is 5.75 Å². The van der Waals surface area contributed by atoms with Gasteiger partial charge in [0.2, 0.25) is 0 Å². The van der Waals surface area contributed by atoms with Gasteiger partial charge in [0.15, 0.2) is 0 Å². The van der Waals surface area contributed by atoms with Gasteiger partial charge in [0, 0.05) is 27.5 Å². The molecule has 0 spiro atoms. The lowest BCUT2D eigenvalue weighted by Gasteiger charge is -2.65. The number of phenolic OH excluding ortho intramolecular Hbond substituents is 1. The number of benzene rings is 1. The lowest BCUT2D eigenvalue weighted by atomic mass is 9.39. The molecule has 5 aliphatic rings. The maximum Gasteiger partial charge on any atom is 0.123 e. The van der Waals surface area contributed by atoms with Crippen LogP contribution in [-0.4, -0.2) is 10.4 Å². The van der Waals surface area contributed by atoms with Crippen LogP contribution in [0.1, 0.15) is 135 Å². The summed E-state index contributed by atoms with van der Waals surface area (Å²) < 4.78 is 0. The first-order valence-corrected chi connectivity index (χ1v) is 15.0. The second-order valence-corrected chi connectivity index (χ2v) is 15.8. The van der Waals surface area contributed by atoms with Crippen LogP contribution in [0.4, 0.5) is 0 Å². The molecule has 33 heavy (non-hydrogen) atoms. The van der Waals surface area contributed by atoms with E-state index in [1.165, 1.54) is 100 Å². The second-order valence-electron chi connectivity index (χ2n) is 14.5. The molecule has 1 nitrogen and oxygen atoms in total. The number of aromatic hydroxyl groups is 1. The monoisotopic (exact) mass is 468 g/mol. The smallest absolute Gasteiger partial charge is 0.123 e. The molecular formula is C31H48OS. The lowest BCUT2D eigenvalue weighted by Crippen LogP contribution is -2.56. The average molecular weight is 469 g/mol. The van der Waals surface area contributed by atoms with Gasteiger partial charge >= 0.3 is 0 Å². The van der Waals surface area contributed by atoms with Crippen LogP contribution in [0.2, 0.25) is 0 Å². The van der Waals surface area contributed by atoms with Crippen molar-refractivity contribution in [1.82, 2.24) is 0 Å². The Hall–Kier alpha value is -0.630. The van der Waals surface area contributed by atoms with E-state index in [1.54, 1.807) is 0 Å². The van der Waals surface area contributed by atoms with Crippen molar-refractivity contribution in [2.45, 2.75) is 140 Å². The van der Waals surface area contributed by atoms with E-state index in [0.717, 1.165) is 16.9 Å². The minimum atomic E-state index is 0.109. The third-order valence-corrected chi connectivity index (χ3v) is 11.2. The first-order chi connectivity index (χ1) is 15.5. The van der Waals surface area contributed by atoms with Gasteiger partial charge in [-0.05, 0) is 79.1 Å². The van der Waals surface area contributed by atoms with Crippen molar-refractivity contribution >= 4 is 11.8 Å². The predicted octanol–water partition coefficient (Wildman–Crippen LogP) is 9.28. The number of phenols is 1. The molecule has 6 rings (SSSR count). The number of thioether (sulfide) groups is 1. The zero-order valence-corrected chi connectivity index (χ0v) is 22.9. The predicted molar refractivity (Wildman–Crippen MR) is 143 cm³/mol. The highest BCUT2D eigenvalue weighted by Crippen LogP contribution is 2.70. The minimum absolute atomic E-state index is 0.109. The van der Waals surface area contributed by atoms with E-state index < -0.39 is 0 Å². The van der Waals surface area contributed by atoms with Crippen molar-refractivity contribution in [1.29, 1.82) is 0 Å². The Morgan fingerprint density at radius 1 is 0.879 bits per heavy atom. The molecule has 5 aliphatic carbocycles. The Morgan fingerprint density at radius 2 is 1.48 bits per heavy atom. The van der Waals surface area contributed by atoms with E-state index in [0.29, 0.717) is 16.6 Å². The normalized spacial score (nSPS) is 37.2. The average Bonchev–Trinajstić information content (AvgIpc) is 2.64. The molecule has 5 fully saturated rings. The minimum Gasteiger partial charge on any atom is -0.507 e. The maximum absolute atomic E-state index is 11.8. The summed E-state index contributed by atoms with van der Waals surface area (Å²) in [6.07, 6.45) is 17.8. The van der Waals surface area contributed by atoms with Crippen molar-refractivity contribution in [2.75, 3.05) is 0 Å². The highest BCUT2D eigenvalue weighted by atomic mass is 32.2. The lowest BCUT2D eigenvalue weighted by molar-refractivity contribution is -0.110. The Bertz CT molecular complexity index is 854. The molecule has 0 heterocycles. The fourth-order valence-electron chi connectivity index (χ4n) is 9.18. The molecule has 0 radical (unpaired) electrons. The van der Waals surface area contributed by atoms with Crippen LogP contribution in [0.3, 0.4) is 0 Å². The zero-order chi connectivity index (χ0) is 23.5. The van der Waals surface area contributed by atoms with Crippen LogP contribution in [0.15, 0.2) is 12.1 Å². The van der Waals surface area contributed by atoms with Crippen LogP contribution in [0, 0.1) is 16.7 Å². The molecule has 0 aromatic heterocycles. The summed E-state index contributed by atoms with van der Waals surface area (Å²) in [7, 11) is 0. The van der Waals surface area contributed by atoms with Gasteiger partial charge in [-0.3, -0.25) is 0 Å². The Labute approximate surface area is 207 Å². The highest BCUT2D eigenvalue weighted by Gasteiger charge is 2.61. The topological polar surface area (TPSA) is 20.2 Å². The van der Waals surface area contributed by atoms with E-state index in [2.05, 4.69) is 58.5 Å². The van der Waals surface area contributed by atoms with E-state index in [-0.39, 0.29) is 10.8 Å². The van der Waals surface area contributed by atoms with Crippen LogP contribution in [0.5, 0.6) is 5.75 Å². The van der Waals surface area contributed by atoms with Crippen molar-refractivity contribution in [2.24, 2.45) is 16.7 Å². The number of hydrogen-bond acceptors (Lipinski definition) is 2. The van der Waals surface area contributed by atoms with Gasteiger partial charge < -0.3 is 5.11 Å².